The summed E-state index contributed by atoms with van der Waals surface area (Å²) in [7, 11) is -2.91. The van der Waals surface area contributed by atoms with Gasteiger partial charge in [0.1, 0.15) is 0 Å². The smallest absolute Gasteiger partial charge is 0.151 e. The van der Waals surface area contributed by atoms with Gasteiger partial charge >= 0.3 is 0 Å². The molecule has 1 rings (SSSR count). The third kappa shape index (κ3) is 6.39. The van der Waals surface area contributed by atoms with Crippen molar-refractivity contribution in [2.75, 3.05) is 30.3 Å². The average molecular weight is 298 g/mol. The van der Waals surface area contributed by atoms with Crippen LogP contribution in [0.25, 0.3) is 0 Å². The highest BCUT2D eigenvalue weighted by Gasteiger charge is 2.13. The summed E-state index contributed by atoms with van der Waals surface area (Å²) in [6.45, 7) is 6.24. The van der Waals surface area contributed by atoms with Gasteiger partial charge in [0, 0.05) is 24.5 Å². The summed E-state index contributed by atoms with van der Waals surface area (Å²) < 4.78 is 23.6. The maximum Gasteiger partial charge on any atom is 0.151 e. The lowest BCUT2D eigenvalue weighted by atomic mass is 10.2. The van der Waals surface area contributed by atoms with E-state index in [4.69, 9.17) is 5.73 Å². The molecule has 0 amide bonds. The van der Waals surface area contributed by atoms with E-state index in [1.54, 1.807) is 0 Å². The first kappa shape index (κ1) is 17.0. The second-order valence-corrected chi connectivity index (χ2v) is 7.48. The van der Waals surface area contributed by atoms with Crippen molar-refractivity contribution in [1.82, 2.24) is 4.90 Å². The highest BCUT2D eigenvalue weighted by Crippen LogP contribution is 2.10. The Morgan fingerprint density at radius 2 is 1.85 bits per heavy atom. The highest BCUT2D eigenvalue weighted by molar-refractivity contribution is 7.91. The van der Waals surface area contributed by atoms with E-state index in [0.29, 0.717) is 13.0 Å². The summed E-state index contributed by atoms with van der Waals surface area (Å²) in [5, 5.41) is 0. The van der Waals surface area contributed by atoms with Crippen LogP contribution < -0.4 is 5.73 Å². The van der Waals surface area contributed by atoms with Crippen LogP contribution in [-0.4, -0.2) is 37.9 Å². The number of hydrogen-bond donors (Lipinski definition) is 1. The van der Waals surface area contributed by atoms with Crippen molar-refractivity contribution in [3.05, 3.63) is 29.8 Å². The average Bonchev–Trinajstić information content (AvgIpc) is 2.36. The van der Waals surface area contributed by atoms with Gasteiger partial charge in [-0.15, -0.1) is 0 Å². The van der Waals surface area contributed by atoms with Gasteiger partial charge in [-0.2, -0.15) is 0 Å². The number of hydrogen-bond acceptors (Lipinski definition) is 4. The molecule has 0 saturated carbocycles. The number of sulfone groups is 1. The number of rotatable bonds is 9. The van der Waals surface area contributed by atoms with Crippen molar-refractivity contribution in [2.24, 2.45) is 0 Å². The van der Waals surface area contributed by atoms with E-state index < -0.39 is 9.84 Å². The van der Waals surface area contributed by atoms with Gasteiger partial charge in [-0.1, -0.05) is 26.0 Å². The molecule has 0 bridgehead atoms. The van der Waals surface area contributed by atoms with E-state index >= 15 is 0 Å². The normalized spacial score (nSPS) is 11.9. The second-order valence-electron chi connectivity index (χ2n) is 5.17. The first-order valence-corrected chi connectivity index (χ1v) is 9.06. The quantitative estimate of drug-likeness (QED) is 0.711. The Hall–Kier alpha value is -1.07. The number of nitrogens with two attached hydrogens (primary N) is 1. The van der Waals surface area contributed by atoms with Crippen LogP contribution in [0.5, 0.6) is 0 Å². The van der Waals surface area contributed by atoms with Gasteiger partial charge in [-0.05, 0) is 37.1 Å². The summed E-state index contributed by atoms with van der Waals surface area (Å²) >= 11 is 0. The first-order valence-electron chi connectivity index (χ1n) is 7.24. The van der Waals surface area contributed by atoms with Gasteiger partial charge in [0.05, 0.1) is 5.75 Å². The molecule has 1 aromatic rings. The van der Waals surface area contributed by atoms with Crippen LogP contribution in [0.4, 0.5) is 5.69 Å². The minimum atomic E-state index is -2.91. The molecule has 0 aromatic heterocycles. The highest BCUT2D eigenvalue weighted by atomic mass is 32.2. The summed E-state index contributed by atoms with van der Waals surface area (Å²) in [5.74, 6) is 0.522. The first-order chi connectivity index (χ1) is 9.46. The molecule has 0 aliphatic rings. The molecule has 0 fully saturated rings. The predicted molar refractivity (Wildman–Crippen MR) is 85.4 cm³/mol. The number of benzene rings is 1. The van der Waals surface area contributed by atoms with Crippen molar-refractivity contribution in [1.29, 1.82) is 0 Å². The van der Waals surface area contributed by atoms with Crippen molar-refractivity contribution < 1.29 is 8.42 Å². The van der Waals surface area contributed by atoms with Gasteiger partial charge in [0.25, 0.3) is 0 Å². The van der Waals surface area contributed by atoms with Crippen molar-refractivity contribution >= 4 is 15.5 Å². The van der Waals surface area contributed by atoms with E-state index in [0.717, 1.165) is 30.8 Å². The summed E-state index contributed by atoms with van der Waals surface area (Å²) in [5.41, 5.74) is 7.66. The van der Waals surface area contributed by atoms with Crippen LogP contribution in [-0.2, 0) is 16.4 Å². The fourth-order valence-corrected chi connectivity index (χ4v) is 3.58. The molecule has 0 radical (unpaired) electrons. The minimum absolute atomic E-state index is 0.239. The van der Waals surface area contributed by atoms with Crippen molar-refractivity contribution in [2.45, 2.75) is 33.2 Å². The monoisotopic (exact) mass is 298 g/mol. The van der Waals surface area contributed by atoms with E-state index in [-0.39, 0.29) is 11.5 Å². The molecule has 0 unspecified atom stereocenters. The van der Waals surface area contributed by atoms with Crippen LogP contribution in [0.15, 0.2) is 24.3 Å². The summed E-state index contributed by atoms with van der Waals surface area (Å²) in [6, 6.07) is 7.77. The molecule has 20 heavy (non-hydrogen) atoms. The maximum absolute atomic E-state index is 11.8. The minimum Gasteiger partial charge on any atom is -0.399 e. The lowest BCUT2D eigenvalue weighted by Crippen LogP contribution is -2.30. The zero-order chi connectivity index (χ0) is 15.0. The second kappa shape index (κ2) is 8.27. The molecular formula is C15H26N2O2S. The molecule has 0 aliphatic carbocycles. The Balaban J connectivity index is 2.61. The van der Waals surface area contributed by atoms with Gasteiger partial charge in [0.2, 0.25) is 0 Å². The molecule has 114 valence electrons. The Bertz CT molecular complexity index is 500. The van der Waals surface area contributed by atoms with Crippen LogP contribution in [0.1, 0.15) is 32.3 Å². The van der Waals surface area contributed by atoms with Crippen molar-refractivity contribution in [3.8, 4) is 0 Å². The summed E-state index contributed by atoms with van der Waals surface area (Å²) in [4.78, 5) is 2.18. The number of nitrogen functional groups attached to an aromatic ring is 1. The lowest BCUT2D eigenvalue weighted by Gasteiger charge is -2.21. The topological polar surface area (TPSA) is 63.4 Å². The third-order valence-corrected chi connectivity index (χ3v) is 4.97. The molecule has 1 aromatic carbocycles. The Labute approximate surface area is 122 Å². The zero-order valence-corrected chi connectivity index (χ0v) is 13.3. The molecule has 0 saturated heterocycles. The SMILES string of the molecule is CCCN(CCS(=O)(=O)CCC)Cc1cccc(N)c1. The van der Waals surface area contributed by atoms with Gasteiger partial charge in [0.15, 0.2) is 9.84 Å². The predicted octanol–water partition coefficient (Wildman–Crippen LogP) is 2.31. The summed E-state index contributed by atoms with van der Waals surface area (Å²) in [6.07, 6.45) is 1.70. The standard InChI is InChI=1S/C15H26N2O2S/c1-3-8-17(9-11-20(18,19)10-4-2)13-14-6-5-7-15(16)12-14/h5-7,12H,3-4,8-11,13,16H2,1-2H3. The Morgan fingerprint density at radius 1 is 1.10 bits per heavy atom. The molecular weight excluding hydrogens is 272 g/mol. The fourth-order valence-electron chi connectivity index (χ4n) is 2.22. The van der Waals surface area contributed by atoms with E-state index in [9.17, 15) is 8.42 Å². The molecule has 5 heteroatoms. The molecule has 4 nitrogen and oxygen atoms in total. The molecule has 0 aliphatic heterocycles. The van der Waals surface area contributed by atoms with Crippen LogP contribution in [0, 0.1) is 0 Å². The lowest BCUT2D eigenvalue weighted by molar-refractivity contribution is 0.281. The fraction of sp³-hybridized carbons (Fsp3) is 0.600. The van der Waals surface area contributed by atoms with Crippen LogP contribution >= 0.6 is 0 Å². The van der Waals surface area contributed by atoms with Crippen LogP contribution in [0.2, 0.25) is 0 Å². The Kier molecular flexibility index (Phi) is 7.02. The maximum atomic E-state index is 11.8. The number of nitrogens with zero attached hydrogens (tertiary/aromatic N) is 1. The van der Waals surface area contributed by atoms with E-state index in [1.807, 2.05) is 31.2 Å². The van der Waals surface area contributed by atoms with Gasteiger partial charge in [-0.3, -0.25) is 4.90 Å². The van der Waals surface area contributed by atoms with Gasteiger partial charge in [-0.25, -0.2) is 8.42 Å². The largest absolute Gasteiger partial charge is 0.399 e. The van der Waals surface area contributed by atoms with E-state index in [1.165, 1.54) is 0 Å². The van der Waals surface area contributed by atoms with Crippen LogP contribution in [0.3, 0.4) is 0 Å². The molecule has 2 N–H and O–H groups in total. The van der Waals surface area contributed by atoms with Gasteiger partial charge < -0.3 is 5.73 Å². The Morgan fingerprint density at radius 3 is 2.45 bits per heavy atom. The molecule has 0 spiro atoms. The third-order valence-electron chi connectivity index (χ3n) is 3.13. The number of anilines is 1. The zero-order valence-electron chi connectivity index (χ0n) is 12.5. The molecule has 0 atom stereocenters. The van der Waals surface area contributed by atoms with E-state index in [2.05, 4.69) is 11.8 Å². The molecule has 0 heterocycles. The van der Waals surface area contributed by atoms with Crippen molar-refractivity contribution in [3.63, 3.8) is 0 Å².